The van der Waals surface area contributed by atoms with Crippen LogP contribution in [-0.4, -0.2) is 13.1 Å². The first-order chi connectivity index (χ1) is 5.79. The van der Waals surface area contributed by atoms with E-state index >= 15 is 0 Å². The highest BCUT2D eigenvalue weighted by molar-refractivity contribution is 5.90. The van der Waals surface area contributed by atoms with Crippen molar-refractivity contribution in [3.8, 4) is 0 Å². The van der Waals surface area contributed by atoms with Crippen LogP contribution < -0.4 is 0 Å². The van der Waals surface area contributed by atoms with Gasteiger partial charge in [-0.1, -0.05) is 6.92 Å². The van der Waals surface area contributed by atoms with E-state index in [4.69, 9.17) is 4.42 Å². The molecule has 0 spiro atoms. The Labute approximate surface area is 71.3 Å². The highest BCUT2D eigenvalue weighted by Gasteiger charge is 2.13. The van der Waals surface area contributed by atoms with Gasteiger partial charge in [0.15, 0.2) is 0 Å². The monoisotopic (exact) mass is 168 g/mol. The van der Waals surface area contributed by atoms with Crippen LogP contribution in [0.1, 0.15) is 29.5 Å². The number of hydrogen-bond donors (Lipinski definition) is 0. The van der Waals surface area contributed by atoms with Crippen molar-refractivity contribution in [2.24, 2.45) is 0 Å². The topological polar surface area (TPSA) is 39.4 Å². The van der Waals surface area contributed by atoms with E-state index in [9.17, 15) is 4.79 Å². The van der Waals surface area contributed by atoms with Crippen molar-refractivity contribution in [3.63, 3.8) is 0 Å². The maximum atomic E-state index is 11.1. The molecule has 1 heterocycles. The first-order valence-corrected chi connectivity index (χ1v) is 3.94. The Morgan fingerprint density at radius 2 is 2.42 bits per heavy atom. The van der Waals surface area contributed by atoms with Crippen LogP contribution in [0.2, 0.25) is 0 Å². The number of carbonyl (C=O) groups excluding carboxylic acids is 1. The van der Waals surface area contributed by atoms with Crippen LogP contribution >= 0.6 is 0 Å². The standard InChI is InChI=1S/C9H12O3/c1-3-4-8-7(5-6-12-8)9(10)11-2/h5-6H,3-4H2,1-2H3. The van der Waals surface area contributed by atoms with Gasteiger partial charge in [-0.05, 0) is 12.5 Å². The predicted octanol–water partition coefficient (Wildman–Crippen LogP) is 2.02. The Balaban J connectivity index is 2.83. The second kappa shape index (κ2) is 3.95. The molecule has 0 fully saturated rings. The minimum atomic E-state index is -0.327. The second-order valence-electron chi connectivity index (χ2n) is 2.50. The summed E-state index contributed by atoms with van der Waals surface area (Å²) in [6, 6.07) is 1.64. The van der Waals surface area contributed by atoms with Crippen molar-refractivity contribution in [3.05, 3.63) is 23.7 Å². The van der Waals surface area contributed by atoms with Gasteiger partial charge < -0.3 is 9.15 Å². The van der Waals surface area contributed by atoms with Crippen LogP contribution in [0.5, 0.6) is 0 Å². The summed E-state index contributed by atoms with van der Waals surface area (Å²) in [6.45, 7) is 2.03. The largest absolute Gasteiger partial charge is 0.468 e. The van der Waals surface area contributed by atoms with E-state index in [2.05, 4.69) is 4.74 Å². The van der Waals surface area contributed by atoms with Crippen molar-refractivity contribution in [2.45, 2.75) is 19.8 Å². The minimum absolute atomic E-state index is 0.327. The summed E-state index contributed by atoms with van der Waals surface area (Å²) in [6.07, 6.45) is 3.24. The van der Waals surface area contributed by atoms with Gasteiger partial charge in [0.1, 0.15) is 11.3 Å². The molecule has 1 aromatic heterocycles. The summed E-state index contributed by atoms with van der Waals surface area (Å²) < 4.78 is 9.71. The number of furan rings is 1. The van der Waals surface area contributed by atoms with E-state index in [1.807, 2.05) is 6.92 Å². The van der Waals surface area contributed by atoms with E-state index in [0.29, 0.717) is 11.3 Å². The molecule has 0 radical (unpaired) electrons. The molecule has 0 aromatic carbocycles. The zero-order chi connectivity index (χ0) is 8.97. The minimum Gasteiger partial charge on any atom is -0.468 e. The molecule has 0 atom stereocenters. The highest BCUT2D eigenvalue weighted by Crippen LogP contribution is 2.13. The fourth-order valence-electron chi connectivity index (χ4n) is 1.05. The first kappa shape index (κ1) is 8.84. The van der Waals surface area contributed by atoms with E-state index < -0.39 is 0 Å². The van der Waals surface area contributed by atoms with Gasteiger partial charge in [-0.25, -0.2) is 4.79 Å². The van der Waals surface area contributed by atoms with Gasteiger partial charge in [0.05, 0.1) is 13.4 Å². The summed E-state index contributed by atoms with van der Waals surface area (Å²) >= 11 is 0. The van der Waals surface area contributed by atoms with Gasteiger partial charge in [0.2, 0.25) is 0 Å². The Bertz CT molecular complexity index is 262. The lowest BCUT2D eigenvalue weighted by atomic mass is 10.2. The third-order valence-corrected chi connectivity index (χ3v) is 1.63. The summed E-state index contributed by atoms with van der Waals surface area (Å²) in [4.78, 5) is 11.1. The predicted molar refractivity (Wildman–Crippen MR) is 44.0 cm³/mol. The molecule has 0 saturated carbocycles. The number of esters is 1. The van der Waals surface area contributed by atoms with Crippen molar-refractivity contribution < 1.29 is 13.9 Å². The molecule has 0 aliphatic rings. The molecule has 1 rings (SSSR count). The summed E-state index contributed by atoms with van der Waals surface area (Å²) in [5, 5.41) is 0. The number of rotatable bonds is 3. The third kappa shape index (κ3) is 1.67. The highest BCUT2D eigenvalue weighted by atomic mass is 16.5. The molecule has 0 aliphatic carbocycles. The van der Waals surface area contributed by atoms with E-state index in [1.165, 1.54) is 13.4 Å². The summed E-state index contributed by atoms with van der Waals surface area (Å²) in [5.74, 6) is 0.386. The molecule has 0 N–H and O–H groups in total. The van der Waals surface area contributed by atoms with E-state index in [0.717, 1.165) is 12.8 Å². The van der Waals surface area contributed by atoms with Gasteiger partial charge in [-0.3, -0.25) is 0 Å². The molecule has 0 aliphatic heterocycles. The lowest BCUT2D eigenvalue weighted by Gasteiger charge is -1.97. The molecule has 66 valence electrons. The fourth-order valence-corrected chi connectivity index (χ4v) is 1.05. The van der Waals surface area contributed by atoms with Crippen LogP contribution in [0.4, 0.5) is 0 Å². The van der Waals surface area contributed by atoms with Gasteiger partial charge in [-0.15, -0.1) is 0 Å². The first-order valence-electron chi connectivity index (χ1n) is 3.94. The molecule has 3 heteroatoms. The van der Waals surface area contributed by atoms with E-state index in [-0.39, 0.29) is 5.97 Å². The zero-order valence-electron chi connectivity index (χ0n) is 7.29. The molecule has 3 nitrogen and oxygen atoms in total. The molecule has 0 bridgehead atoms. The number of aryl methyl sites for hydroxylation is 1. The average molecular weight is 168 g/mol. The molecular weight excluding hydrogens is 156 g/mol. The van der Waals surface area contributed by atoms with Crippen LogP contribution in [0.25, 0.3) is 0 Å². The molecule has 1 aromatic rings. The Kier molecular flexibility index (Phi) is 2.91. The molecule has 12 heavy (non-hydrogen) atoms. The zero-order valence-corrected chi connectivity index (χ0v) is 7.29. The number of carbonyl (C=O) groups is 1. The smallest absolute Gasteiger partial charge is 0.341 e. The summed E-state index contributed by atoms with van der Waals surface area (Å²) in [5.41, 5.74) is 0.541. The second-order valence-corrected chi connectivity index (χ2v) is 2.50. The number of methoxy groups -OCH3 is 1. The van der Waals surface area contributed by atoms with Crippen LogP contribution in [-0.2, 0) is 11.2 Å². The van der Waals surface area contributed by atoms with Gasteiger partial charge in [-0.2, -0.15) is 0 Å². The lowest BCUT2D eigenvalue weighted by molar-refractivity contribution is 0.0598. The van der Waals surface area contributed by atoms with Crippen molar-refractivity contribution >= 4 is 5.97 Å². The van der Waals surface area contributed by atoms with Crippen LogP contribution in [0.3, 0.4) is 0 Å². The summed E-state index contributed by atoms with van der Waals surface area (Å²) in [7, 11) is 1.37. The number of ether oxygens (including phenoxy) is 1. The van der Waals surface area contributed by atoms with Gasteiger partial charge >= 0.3 is 5.97 Å². The van der Waals surface area contributed by atoms with Gasteiger partial charge in [0, 0.05) is 6.42 Å². The van der Waals surface area contributed by atoms with Crippen LogP contribution in [0.15, 0.2) is 16.7 Å². The SMILES string of the molecule is CCCc1occc1C(=O)OC. The van der Waals surface area contributed by atoms with Crippen molar-refractivity contribution in [1.29, 1.82) is 0 Å². The number of hydrogen-bond acceptors (Lipinski definition) is 3. The quantitative estimate of drug-likeness (QED) is 0.648. The maximum Gasteiger partial charge on any atom is 0.341 e. The lowest BCUT2D eigenvalue weighted by Crippen LogP contribution is -2.02. The van der Waals surface area contributed by atoms with Crippen molar-refractivity contribution in [2.75, 3.05) is 7.11 Å². The molecule has 0 amide bonds. The molecular formula is C9H12O3. The Morgan fingerprint density at radius 3 is 3.00 bits per heavy atom. The Morgan fingerprint density at radius 1 is 1.67 bits per heavy atom. The Hall–Kier alpha value is -1.25. The van der Waals surface area contributed by atoms with Crippen LogP contribution in [0, 0.1) is 0 Å². The third-order valence-electron chi connectivity index (χ3n) is 1.63. The molecule has 0 saturated heterocycles. The average Bonchev–Trinajstić information content (AvgIpc) is 2.52. The normalized spacial score (nSPS) is 9.83. The fraction of sp³-hybridized carbons (Fsp3) is 0.444. The van der Waals surface area contributed by atoms with Gasteiger partial charge in [0.25, 0.3) is 0 Å². The van der Waals surface area contributed by atoms with Crippen molar-refractivity contribution in [1.82, 2.24) is 0 Å². The molecule has 0 unspecified atom stereocenters. The maximum absolute atomic E-state index is 11.1. The van der Waals surface area contributed by atoms with E-state index in [1.54, 1.807) is 6.07 Å².